The second-order valence-electron chi connectivity index (χ2n) is 4.29. The first-order valence-corrected chi connectivity index (χ1v) is 5.55. The highest BCUT2D eigenvalue weighted by Crippen LogP contribution is 2.35. The predicted molar refractivity (Wildman–Crippen MR) is 61.1 cm³/mol. The van der Waals surface area contributed by atoms with Crippen molar-refractivity contribution in [2.45, 2.75) is 12.5 Å². The summed E-state index contributed by atoms with van der Waals surface area (Å²) in [6.07, 6.45) is 0.376. The van der Waals surface area contributed by atoms with Crippen LogP contribution >= 0.6 is 0 Å². The Bertz CT molecular complexity index is 454. The summed E-state index contributed by atoms with van der Waals surface area (Å²) in [5, 5.41) is 21.5. The summed E-state index contributed by atoms with van der Waals surface area (Å²) >= 11 is 0. The third-order valence-corrected chi connectivity index (χ3v) is 3.13. The SMILES string of the molecule is COc1c(O)cc(C2CC(C(=O)O)CN2)cc1F. The monoisotopic (exact) mass is 255 g/mol. The minimum Gasteiger partial charge on any atom is -0.504 e. The molecule has 1 aromatic rings. The molecule has 0 radical (unpaired) electrons. The van der Waals surface area contributed by atoms with Gasteiger partial charge in [0.05, 0.1) is 13.0 Å². The molecule has 1 aliphatic heterocycles. The van der Waals surface area contributed by atoms with Crippen LogP contribution in [0.1, 0.15) is 18.0 Å². The number of rotatable bonds is 3. The Balaban J connectivity index is 2.23. The van der Waals surface area contributed by atoms with Crippen LogP contribution < -0.4 is 10.1 Å². The van der Waals surface area contributed by atoms with Crippen LogP contribution in [0.2, 0.25) is 0 Å². The Morgan fingerprint density at radius 3 is 2.78 bits per heavy atom. The molecule has 6 heteroatoms. The van der Waals surface area contributed by atoms with Crippen LogP contribution in [-0.4, -0.2) is 29.8 Å². The Morgan fingerprint density at radius 2 is 2.28 bits per heavy atom. The summed E-state index contributed by atoms with van der Waals surface area (Å²) in [5.41, 5.74) is 0.523. The molecule has 5 nitrogen and oxygen atoms in total. The molecule has 98 valence electrons. The van der Waals surface area contributed by atoms with E-state index >= 15 is 0 Å². The molecule has 1 aromatic carbocycles. The summed E-state index contributed by atoms with van der Waals surface area (Å²) in [4.78, 5) is 10.8. The van der Waals surface area contributed by atoms with Gasteiger partial charge < -0.3 is 20.3 Å². The molecule has 1 fully saturated rings. The number of hydrogen-bond acceptors (Lipinski definition) is 4. The van der Waals surface area contributed by atoms with Crippen molar-refractivity contribution in [3.63, 3.8) is 0 Å². The van der Waals surface area contributed by atoms with E-state index in [1.807, 2.05) is 0 Å². The Morgan fingerprint density at radius 1 is 1.56 bits per heavy atom. The number of methoxy groups -OCH3 is 1. The standard InChI is InChI=1S/C12H14FNO4/c1-18-11-8(13)2-6(4-10(11)15)9-3-7(5-14-9)12(16)17/h2,4,7,9,14-15H,3,5H2,1H3,(H,16,17). The van der Waals surface area contributed by atoms with Crippen LogP contribution in [0.3, 0.4) is 0 Å². The lowest BCUT2D eigenvalue weighted by Crippen LogP contribution is -2.17. The maximum atomic E-state index is 13.6. The van der Waals surface area contributed by atoms with Crippen molar-refractivity contribution in [2.75, 3.05) is 13.7 Å². The average Bonchev–Trinajstić information content (AvgIpc) is 2.77. The van der Waals surface area contributed by atoms with Gasteiger partial charge in [-0.25, -0.2) is 4.39 Å². The van der Waals surface area contributed by atoms with Crippen molar-refractivity contribution in [1.29, 1.82) is 0 Å². The highest BCUT2D eigenvalue weighted by molar-refractivity contribution is 5.70. The lowest BCUT2D eigenvalue weighted by molar-refractivity contribution is -0.141. The highest BCUT2D eigenvalue weighted by atomic mass is 19.1. The van der Waals surface area contributed by atoms with Gasteiger partial charge >= 0.3 is 5.97 Å². The molecule has 0 spiro atoms. The number of benzene rings is 1. The van der Waals surface area contributed by atoms with E-state index in [4.69, 9.17) is 9.84 Å². The minimum absolute atomic E-state index is 0.202. The molecule has 0 aliphatic carbocycles. The van der Waals surface area contributed by atoms with E-state index < -0.39 is 17.7 Å². The number of carboxylic acid groups (broad SMARTS) is 1. The van der Waals surface area contributed by atoms with Gasteiger partial charge in [0.2, 0.25) is 0 Å². The molecule has 0 aromatic heterocycles. The zero-order valence-electron chi connectivity index (χ0n) is 9.81. The van der Waals surface area contributed by atoms with E-state index in [-0.39, 0.29) is 17.5 Å². The number of halogens is 1. The first kappa shape index (κ1) is 12.6. The fraction of sp³-hybridized carbons (Fsp3) is 0.417. The van der Waals surface area contributed by atoms with Gasteiger partial charge in [0.15, 0.2) is 17.3 Å². The summed E-state index contributed by atoms with van der Waals surface area (Å²) in [7, 11) is 1.27. The topological polar surface area (TPSA) is 78.8 Å². The zero-order valence-corrected chi connectivity index (χ0v) is 9.81. The van der Waals surface area contributed by atoms with Gasteiger partial charge in [-0.3, -0.25) is 4.79 Å². The van der Waals surface area contributed by atoms with E-state index in [2.05, 4.69) is 5.32 Å². The maximum Gasteiger partial charge on any atom is 0.307 e. The van der Waals surface area contributed by atoms with Crippen LogP contribution in [0.4, 0.5) is 4.39 Å². The fourth-order valence-corrected chi connectivity index (χ4v) is 2.18. The van der Waals surface area contributed by atoms with Gasteiger partial charge in [-0.1, -0.05) is 0 Å². The molecule has 2 atom stereocenters. The van der Waals surface area contributed by atoms with Crippen molar-refractivity contribution in [3.05, 3.63) is 23.5 Å². The number of nitrogens with one attached hydrogen (secondary N) is 1. The van der Waals surface area contributed by atoms with Gasteiger partial charge in [0.25, 0.3) is 0 Å². The Labute approximate surface area is 103 Å². The second-order valence-corrected chi connectivity index (χ2v) is 4.29. The number of carbonyl (C=O) groups is 1. The Hall–Kier alpha value is -1.82. The number of phenols is 1. The Kier molecular flexibility index (Phi) is 3.38. The summed E-state index contributed by atoms with van der Waals surface area (Å²) in [5.74, 6) is -2.50. The summed E-state index contributed by atoms with van der Waals surface area (Å²) in [6, 6.07) is 2.38. The number of ether oxygens (including phenoxy) is 1. The van der Waals surface area contributed by atoms with E-state index in [0.29, 0.717) is 18.5 Å². The average molecular weight is 255 g/mol. The van der Waals surface area contributed by atoms with Crippen LogP contribution in [0.15, 0.2) is 12.1 Å². The summed E-state index contributed by atoms with van der Waals surface area (Å²) in [6.45, 7) is 0.342. The molecule has 3 N–H and O–H groups in total. The number of aliphatic carboxylic acids is 1. The minimum atomic E-state index is -0.872. The molecule has 1 aliphatic rings. The van der Waals surface area contributed by atoms with Crippen molar-refractivity contribution in [3.8, 4) is 11.5 Å². The van der Waals surface area contributed by atoms with Gasteiger partial charge in [0, 0.05) is 12.6 Å². The van der Waals surface area contributed by atoms with Crippen molar-refractivity contribution in [2.24, 2.45) is 5.92 Å². The van der Waals surface area contributed by atoms with Crippen LogP contribution in [0.25, 0.3) is 0 Å². The first-order valence-electron chi connectivity index (χ1n) is 5.55. The fourth-order valence-electron chi connectivity index (χ4n) is 2.18. The van der Waals surface area contributed by atoms with Crippen LogP contribution in [0.5, 0.6) is 11.5 Å². The van der Waals surface area contributed by atoms with Gasteiger partial charge in [-0.15, -0.1) is 0 Å². The largest absolute Gasteiger partial charge is 0.504 e. The quantitative estimate of drug-likeness (QED) is 0.758. The highest BCUT2D eigenvalue weighted by Gasteiger charge is 2.31. The lowest BCUT2D eigenvalue weighted by Gasteiger charge is -2.13. The van der Waals surface area contributed by atoms with Crippen molar-refractivity contribution in [1.82, 2.24) is 5.32 Å². The van der Waals surface area contributed by atoms with Crippen molar-refractivity contribution >= 4 is 5.97 Å². The number of carboxylic acids is 1. The van der Waals surface area contributed by atoms with E-state index in [0.717, 1.165) is 0 Å². The third-order valence-electron chi connectivity index (χ3n) is 3.13. The molecule has 18 heavy (non-hydrogen) atoms. The van der Waals surface area contributed by atoms with Gasteiger partial charge in [-0.05, 0) is 24.1 Å². The molecule has 0 amide bonds. The third kappa shape index (κ3) is 2.24. The van der Waals surface area contributed by atoms with E-state index in [1.165, 1.54) is 19.2 Å². The molecular formula is C12H14FNO4. The zero-order chi connectivity index (χ0) is 13.3. The van der Waals surface area contributed by atoms with Crippen LogP contribution in [-0.2, 0) is 4.79 Å². The van der Waals surface area contributed by atoms with E-state index in [1.54, 1.807) is 0 Å². The van der Waals surface area contributed by atoms with E-state index in [9.17, 15) is 14.3 Å². The first-order chi connectivity index (χ1) is 8.52. The lowest BCUT2D eigenvalue weighted by atomic mass is 9.99. The molecule has 1 saturated heterocycles. The van der Waals surface area contributed by atoms with Gasteiger partial charge in [-0.2, -0.15) is 0 Å². The molecular weight excluding hydrogens is 241 g/mol. The number of hydrogen-bond donors (Lipinski definition) is 3. The second kappa shape index (κ2) is 4.81. The molecule has 1 heterocycles. The molecule has 2 rings (SSSR count). The number of aromatic hydroxyl groups is 1. The predicted octanol–water partition coefficient (Wildman–Crippen LogP) is 1.28. The molecule has 0 saturated carbocycles. The van der Waals surface area contributed by atoms with Crippen LogP contribution in [0, 0.1) is 11.7 Å². The smallest absolute Gasteiger partial charge is 0.307 e. The normalized spacial score (nSPS) is 23.0. The molecule has 0 bridgehead atoms. The van der Waals surface area contributed by atoms with Crippen molar-refractivity contribution < 1.29 is 24.1 Å². The summed E-state index contributed by atoms with van der Waals surface area (Å²) < 4.78 is 18.3. The molecule has 2 unspecified atom stereocenters. The maximum absolute atomic E-state index is 13.6. The van der Waals surface area contributed by atoms with Gasteiger partial charge in [0.1, 0.15) is 0 Å². The number of phenolic OH excluding ortho intramolecular Hbond substituents is 1.